The van der Waals surface area contributed by atoms with E-state index in [1.54, 1.807) is 0 Å². The third-order valence-electron chi connectivity index (χ3n) is 16.1. The summed E-state index contributed by atoms with van der Waals surface area (Å²) < 4.78 is 17.4. The third-order valence-corrected chi connectivity index (χ3v) is 16.1. The lowest BCUT2D eigenvalue weighted by molar-refractivity contribution is 0.663. The molecule has 0 spiro atoms. The van der Waals surface area contributed by atoms with E-state index in [9.17, 15) is 10.8 Å². The largest absolute Gasteiger partial charge is 0.456 e. The van der Waals surface area contributed by atoms with Crippen molar-refractivity contribution in [3.63, 3.8) is 0 Å². The number of aliphatic imine (C=N–C) groups is 2. The van der Waals surface area contributed by atoms with Crippen LogP contribution in [-0.4, -0.2) is 32.7 Å². The second-order valence-electron chi connectivity index (χ2n) is 21.1. The van der Waals surface area contributed by atoms with E-state index in [4.69, 9.17) is 18.8 Å². The first-order chi connectivity index (χ1) is 41.5. The molecule has 0 amide bonds. The Bertz CT molecular complexity index is 5430. The van der Waals surface area contributed by atoms with Crippen LogP contribution >= 0.6 is 0 Å². The predicted molar refractivity (Wildman–Crippen MR) is 347 cm³/mol. The van der Waals surface area contributed by atoms with E-state index in [2.05, 4.69) is 142 Å². The van der Waals surface area contributed by atoms with Crippen molar-refractivity contribution in [2.75, 3.05) is 10.9 Å². The molecule has 0 saturated carbocycles. The van der Waals surface area contributed by atoms with Crippen molar-refractivity contribution in [1.29, 1.82) is 10.8 Å². The Balaban J connectivity index is 0.740. The van der Waals surface area contributed by atoms with Gasteiger partial charge in [-0.25, -0.2) is 9.98 Å². The van der Waals surface area contributed by atoms with Gasteiger partial charge < -0.3 is 8.83 Å². The molecule has 4 aromatic heterocycles. The highest BCUT2D eigenvalue weighted by atomic mass is 16.3. The monoisotopic (exact) mass is 1080 g/mol. The molecular formula is C74H48N8O2. The number of rotatable bonds is 8. The Hall–Kier alpha value is -11.6. The fourth-order valence-corrected chi connectivity index (χ4v) is 12.2. The maximum Gasteiger partial charge on any atom is 0.154 e. The standard InChI is InChI=1S/C74H48N8O2/c75-71(77-73(48-17-2-1-3-18-48)79-81-59-28-12-26-57-55-24-6-8-32-63(55)83-65-34-14-30-61(81)69(65)67(57)59)47-39-36-46(37-40-47)50-20-10-21-51(42-50)52-22-11-23-54(44-52)74(78-72(76)53-41-38-45-16-4-5-19-49(45)43-53)80-82-60-29-13-27-58-56-25-7-9-33-64(56)84-66-35-15-31-62(82)70(66)68(58)60/h1-44H,(H2,75,77,79)(H2,76,78,80). The smallest absolute Gasteiger partial charge is 0.154 e. The van der Waals surface area contributed by atoms with Gasteiger partial charge in [0.25, 0.3) is 0 Å². The molecule has 0 aliphatic heterocycles. The summed E-state index contributed by atoms with van der Waals surface area (Å²) in [6, 6.07) is 90.3. The summed E-state index contributed by atoms with van der Waals surface area (Å²) in [5, 5.41) is 29.5. The average molecular weight is 1080 g/mol. The fraction of sp³-hybridized carbons (Fsp3) is 0. The first-order valence-electron chi connectivity index (χ1n) is 27.9. The van der Waals surface area contributed by atoms with Gasteiger partial charge in [-0.3, -0.25) is 31.0 Å². The summed E-state index contributed by atoms with van der Waals surface area (Å²) in [6.45, 7) is 0. The third kappa shape index (κ3) is 8.11. The first kappa shape index (κ1) is 48.3. The minimum absolute atomic E-state index is 0.113. The molecule has 10 heteroatoms. The lowest BCUT2D eigenvalue weighted by atomic mass is 9.97. The topological polar surface area (TPSA) is 133 Å². The summed E-state index contributed by atoms with van der Waals surface area (Å²) in [5.74, 6) is 1.27. The molecular weight excluding hydrogens is 1030 g/mol. The summed E-state index contributed by atoms with van der Waals surface area (Å²) in [6.07, 6.45) is 0. The van der Waals surface area contributed by atoms with Gasteiger partial charge in [0.1, 0.15) is 22.3 Å². The Morgan fingerprint density at radius 1 is 0.298 bits per heavy atom. The average Bonchev–Trinajstić information content (AvgIpc) is 2.29. The van der Waals surface area contributed by atoms with E-state index in [-0.39, 0.29) is 11.7 Å². The van der Waals surface area contributed by atoms with Crippen molar-refractivity contribution >= 4 is 122 Å². The predicted octanol–water partition coefficient (Wildman–Crippen LogP) is 18.2. The summed E-state index contributed by atoms with van der Waals surface area (Å²) >= 11 is 0. The van der Waals surface area contributed by atoms with Crippen molar-refractivity contribution in [2.45, 2.75) is 0 Å². The normalized spacial score (nSPS) is 12.3. The molecule has 0 unspecified atom stereocenters. The number of benzene rings is 12. The molecule has 0 aliphatic carbocycles. The quantitative estimate of drug-likeness (QED) is 0.0891. The zero-order valence-electron chi connectivity index (χ0n) is 45.0. The molecule has 4 heterocycles. The second-order valence-corrected chi connectivity index (χ2v) is 21.1. The number of aromatic nitrogens is 2. The van der Waals surface area contributed by atoms with Crippen LogP contribution in [0.1, 0.15) is 22.3 Å². The van der Waals surface area contributed by atoms with E-state index < -0.39 is 0 Å². The van der Waals surface area contributed by atoms with Gasteiger partial charge in [0.2, 0.25) is 0 Å². The molecule has 16 rings (SSSR count). The number of fused-ring (bicyclic) bond motifs is 5. The molecule has 0 bridgehead atoms. The lowest BCUT2D eigenvalue weighted by Crippen LogP contribution is -2.25. The molecule has 12 aromatic carbocycles. The fourth-order valence-electron chi connectivity index (χ4n) is 12.2. The number of amidine groups is 4. The van der Waals surface area contributed by atoms with Crippen LogP contribution < -0.4 is 10.9 Å². The van der Waals surface area contributed by atoms with Crippen LogP contribution in [0.5, 0.6) is 0 Å². The highest BCUT2D eigenvalue weighted by Gasteiger charge is 2.22. The highest BCUT2D eigenvalue weighted by Crippen LogP contribution is 2.41. The molecule has 4 N–H and O–H groups in total. The lowest BCUT2D eigenvalue weighted by Gasteiger charge is -2.16. The number of nitrogens with one attached hydrogen (secondary N) is 4. The van der Waals surface area contributed by atoms with Gasteiger partial charge in [0, 0.05) is 43.8 Å². The van der Waals surface area contributed by atoms with Crippen LogP contribution in [0.2, 0.25) is 0 Å². The van der Waals surface area contributed by atoms with E-state index in [1.807, 2.05) is 146 Å². The Morgan fingerprint density at radius 2 is 0.726 bits per heavy atom. The van der Waals surface area contributed by atoms with Gasteiger partial charge in [0.05, 0.1) is 32.8 Å². The van der Waals surface area contributed by atoms with Crippen LogP contribution in [0.15, 0.2) is 286 Å². The maximum absolute atomic E-state index is 9.53. The molecule has 10 nitrogen and oxygen atoms in total. The van der Waals surface area contributed by atoms with Crippen molar-refractivity contribution in [3.05, 3.63) is 289 Å². The molecule has 396 valence electrons. The number of nitrogens with zero attached hydrogens (tertiary/aromatic N) is 4. The molecule has 0 saturated heterocycles. The van der Waals surface area contributed by atoms with Crippen LogP contribution in [0.3, 0.4) is 0 Å². The molecule has 0 radical (unpaired) electrons. The van der Waals surface area contributed by atoms with Crippen molar-refractivity contribution < 1.29 is 8.83 Å². The Labute approximate surface area is 480 Å². The van der Waals surface area contributed by atoms with Crippen LogP contribution in [0.4, 0.5) is 0 Å². The minimum Gasteiger partial charge on any atom is -0.456 e. The van der Waals surface area contributed by atoms with Gasteiger partial charge in [-0.2, -0.15) is 0 Å². The molecule has 0 atom stereocenters. The molecule has 0 fully saturated rings. The number of para-hydroxylation sites is 2. The minimum atomic E-state index is 0.113. The first-order valence-corrected chi connectivity index (χ1v) is 27.9. The molecule has 16 aromatic rings. The van der Waals surface area contributed by atoms with Crippen LogP contribution in [0.25, 0.3) is 121 Å². The van der Waals surface area contributed by atoms with Gasteiger partial charge in [-0.1, -0.05) is 200 Å². The summed E-state index contributed by atoms with van der Waals surface area (Å²) in [5.41, 5.74) is 21.4. The highest BCUT2D eigenvalue weighted by molar-refractivity contribution is 6.29. The van der Waals surface area contributed by atoms with Crippen molar-refractivity contribution in [2.24, 2.45) is 9.98 Å². The van der Waals surface area contributed by atoms with Gasteiger partial charge in [-0.05, 0) is 111 Å². The Kier molecular flexibility index (Phi) is 11.3. The van der Waals surface area contributed by atoms with Gasteiger partial charge >= 0.3 is 0 Å². The molecule has 0 aliphatic rings. The van der Waals surface area contributed by atoms with E-state index in [0.717, 1.165) is 132 Å². The van der Waals surface area contributed by atoms with Gasteiger partial charge in [-0.15, -0.1) is 0 Å². The zero-order valence-corrected chi connectivity index (χ0v) is 45.0. The van der Waals surface area contributed by atoms with Crippen LogP contribution in [-0.2, 0) is 0 Å². The maximum atomic E-state index is 9.53. The van der Waals surface area contributed by atoms with E-state index >= 15 is 0 Å². The molecule has 84 heavy (non-hydrogen) atoms. The van der Waals surface area contributed by atoms with E-state index in [0.29, 0.717) is 22.8 Å². The van der Waals surface area contributed by atoms with Crippen molar-refractivity contribution in [3.8, 4) is 22.3 Å². The summed E-state index contributed by atoms with van der Waals surface area (Å²) in [7, 11) is 0. The van der Waals surface area contributed by atoms with Crippen LogP contribution in [0, 0.1) is 10.8 Å². The SMILES string of the molecule is N=C(/N=C(\Nn1c2cccc3oc4ccccc4c4cccc1c4c32)c1ccccc1)c1ccc(-c2cccc(-c3cccc(/C(=N/C(=N)c4ccc5ccccc5c4)Nn4c5cccc6oc7ccccc7c7cccc4c7c65)c3)c2)cc1. The Morgan fingerprint density at radius 3 is 1.35 bits per heavy atom. The zero-order chi connectivity index (χ0) is 55.8. The van der Waals surface area contributed by atoms with Crippen molar-refractivity contribution in [1.82, 2.24) is 9.35 Å². The van der Waals surface area contributed by atoms with E-state index in [1.165, 1.54) is 0 Å². The number of hydrogen-bond donors (Lipinski definition) is 4. The summed E-state index contributed by atoms with van der Waals surface area (Å²) in [4.78, 5) is 10.2. The van der Waals surface area contributed by atoms with Gasteiger partial charge in [0.15, 0.2) is 23.3 Å². The number of hydrogen-bond acceptors (Lipinski definition) is 4. The second kappa shape index (κ2) is 19.6.